The van der Waals surface area contributed by atoms with Gasteiger partial charge < -0.3 is 25.0 Å². The first-order valence-electron chi connectivity index (χ1n) is 9.95. The first-order valence-corrected chi connectivity index (χ1v) is 13.8. The van der Waals surface area contributed by atoms with Crippen molar-refractivity contribution in [1.29, 1.82) is 0 Å². The van der Waals surface area contributed by atoms with E-state index in [1.54, 1.807) is 12.1 Å². The highest BCUT2D eigenvalue weighted by Gasteiger charge is 2.25. The van der Waals surface area contributed by atoms with Crippen LogP contribution in [0, 0.1) is 0 Å². The van der Waals surface area contributed by atoms with Gasteiger partial charge in [0.15, 0.2) is 0 Å². The van der Waals surface area contributed by atoms with Gasteiger partial charge in [-0.05, 0) is 56.5 Å². The lowest BCUT2D eigenvalue weighted by molar-refractivity contribution is -0.132. The molecule has 0 saturated carbocycles. The summed E-state index contributed by atoms with van der Waals surface area (Å²) in [5.41, 5.74) is 0.0498. The molecule has 0 saturated heterocycles. The highest BCUT2D eigenvalue weighted by molar-refractivity contribution is 9.16. The third-order valence-electron chi connectivity index (χ3n) is 4.15. The highest BCUT2D eigenvalue weighted by atomic mass is 79.9. The number of aliphatic hydroxyl groups is 1. The van der Waals surface area contributed by atoms with Gasteiger partial charge in [0.1, 0.15) is 18.5 Å². The molecule has 0 spiro atoms. The molecule has 0 aliphatic heterocycles. The summed E-state index contributed by atoms with van der Waals surface area (Å²) in [5.74, 6) is -1.63. The molecule has 1 rings (SSSR count). The Kier molecular flexibility index (Phi) is 14.9. The summed E-state index contributed by atoms with van der Waals surface area (Å²) < 4.78 is 11.8. The third kappa shape index (κ3) is 10.1. The second kappa shape index (κ2) is 16.1. The maximum absolute atomic E-state index is 12.9. The van der Waals surface area contributed by atoms with Gasteiger partial charge in [-0.25, -0.2) is 4.79 Å². The fourth-order valence-corrected chi connectivity index (χ4v) is 4.51. The summed E-state index contributed by atoms with van der Waals surface area (Å²) in [4.78, 5) is 24.8. The summed E-state index contributed by atoms with van der Waals surface area (Å²) in [6.07, 6.45) is 1.12. The number of allylic oxidation sites excluding steroid dienone is 2. The Hall–Kier alpha value is -0.690. The zero-order chi connectivity index (χ0) is 25.8. The van der Waals surface area contributed by atoms with E-state index in [2.05, 4.69) is 82.5 Å². The van der Waals surface area contributed by atoms with E-state index < -0.39 is 18.0 Å². The van der Waals surface area contributed by atoms with Gasteiger partial charge in [0.2, 0.25) is 0 Å². The molecule has 1 aromatic rings. The van der Waals surface area contributed by atoms with Crippen LogP contribution in [0.1, 0.15) is 19.8 Å². The highest BCUT2D eigenvalue weighted by Crippen LogP contribution is 2.35. The zero-order valence-corrected chi connectivity index (χ0v) is 25.3. The Morgan fingerprint density at radius 1 is 1.21 bits per heavy atom. The fraction of sp³-hybridized carbons (Fsp3) is 0.364. The minimum Gasteiger partial charge on any atom is -0.489 e. The molecule has 34 heavy (non-hydrogen) atoms. The number of alkyl halides is 1. The number of rotatable bonds is 14. The Balaban J connectivity index is 2.98. The summed E-state index contributed by atoms with van der Waals surface area (Å²) >= 11 is 19.1. The molecule has 0 aliphatic rings. The quantitative estimate of drug-likeness (QED) is 0.0866. The van der Waals surface area contributed by atoms with Crippen LogP contribution in [0.25, 0.3) is 0 Å². The fourth-order valence-electron chi connectivity index (χ4n) is 2.43. The molecule has 188 valence electrons. The second-order valence-electron chi connectivity index (χ2n) is 6.82. The lowest BCUT2D eigenvalue weighted by Crippen LogP contribution is -2.23. The lowest BCUT2D eigenvalue weighted by Gasteiger charge is -2.15. The van der Waals surface area contributed by atoms with Gasteiger partial charge >= 0.3 is 5.97 Å². The van der Waals surface area contributed by atoms with Gasteiger partial charge in [0, 0.05) is 36.6 Å². The van der Waals surface area contributed by atoms with E-state index in [1.165, 1.54) is 6.07 Å². The summed E-state index contributed by atoms with van der Waals surface area (Å²) in [6.45, 7) is 6.46. The summed E-state index contributed by atoms with van der Waals surface area (Å²) in [7, 11) is 0. The molecule has 0 radical (unpaired) electrons. The first-order chi connectivity index (χ1) is 16.0. The number of aliphatic hydroxyl groups excluding tert-OH is 1. The third-order valence-corrected chi connectivity index (χ3v) is 8.13. The van der Waals surface area contributed by atoms with Crippen LogP contribution in [-0.4, -0.2) is 53.3 Å². The smallest absolute Gasteiger partial charge is 0.337 e. The Bertz CT molecular complexity index is 967. The molecule has 1 unspecified atom stereocenters. The van der Waals surface area contributed by atoms with Gasteiger partial charge in [0.05, 0.1) is 17.2 Å². The monoisotopic (exact) mass is 749 g/mol. The number of carboxylic acids is 1. The van der Waals surface area contributed by atoms with Crippen LogP contribution in [0.2, 0.25) is 5.02 Å². The van der Waals surface area contributed by atoms with Gasteiger partial charge in [-0.3, -0.25) is 4.79 Å². The number of carbonyl (C=O) groups is 2. The van der Waals surface area contributed by atoms with E-state index in [-0.39, 0.29) is 39.2 Å². The van der Waals surface area contributed by atoms with Gasteiger partial charge in [-0.1, -0.05) is 63.4 Å². The molecular weight excluding hydrogens is 729 g/mol. The van der Waals surface area contributed by atoms with Crippen LogP contribution in [0.4, 0.5) is 5.69 Å². The minimum absolute atomic E-state index is 0.00982. The summed E-state index contributed by atoms with van der Waals surface area (Å²) in [6, 6.07) is 4.56. The molecule has 1 amide bonds. The van der Waals surface area contributed by atoms with Crippen LogP contribution >= 0.6 is 75.3 Å². The number of unbranched alkanes of at least 4 members (excludes halogenated alkanes) is 1. The zero-order valence-electron chi connectivity index (χ0n) is 18.2. The molecule has 0 aliphatic carbocycles. The van der Waals surface area contributed by atoms with E-state index >= 15 is 0 Å². The molecule has 0 aromatic heterocycles. The Morgan fingerprint density at radius 3 is 2.41 bits per heavy atom. The number of anilines is 1. The van der Waals surface area contributed by atoms with Crippen LogP contribution in [0.3, 0.4) is 0 Å². The molecule has 7 nitrogen and oxygen atoms in total. The number of nitrogens with one attached hydrogen (secondary N) is 1. The Labute approximate surface area is 237 Å². The van der Waals surface area contributed by atoms with E-state index in [0.717, 1.165) is 12.8 Å². The van der Waals surface area contributed by atoms with Crippen molar-refractivity contribution in [3.63, 3.8) is 0 Å². The molecule has 0 fully saturated rings. The number of halogens is 5. The average molecular weight is 754 g/mol. The van der Waals surface area contributed by atoms with E-state index in [0.29, 0.717) is 27.0 Å². The van der Waals surface area contributed by atoms with Crippen molar-refractivity contribution in [2.45, 2.75) is 25.9 Å². The van der Waals surface area contributed by atoms with E-state index in [1.807, 2.05) is 0 Å². The number of ether oxygens (including phenoxy) is 2. The van der Waals surface area contributed by atoms with Crippen molar-refractivity contribution in [2.75, 3.05) is 30.5 Å². The number of amides is 1. The van der Waals surface area contributed by atoms with Gasteiger partial charge in [-0.2, -0.15) is 0 Å². The number of hydrogen-bond donors (Lipinski definition) is 3. The van der Waals surface area contributed by atoms with Crippen molar-refractivity contribution in [1.82, 2.24) is 0 Å². The number of hydrogen-bond acceptors (Lipinski definition) is 5. The number of carboxylic acid groups (broad SMARTS) is 1. The molecule has 3 N–H and O–H groups in total. The molecular formula is C22H24Br4ClNO6. The molecule has 0 bridgehead atoms. The maximum Gasteiger partial charge on any atom is 0.337 e. The number of carbonyl (C=O) groups excluding carboxylic acids is 1. The van der Waals surface area contributed by atoms with Crippen molar-refractivity contribution in [3.05, 3.63) is 54.4 Å². The van der Waals surface area contributed by atoms with Crippen molar-refractivity contribution in [3.8, 4) is 5.75 Å². The SMILES string of the molecule is C=C(Br)/C(Br)=C(Br)\C(C(=O)O)=C(/CBr)C(=O)Nc1ccc(OCC(O)COCCCC)c(Cl)c1. The summed E-state index contributed by atoms with van der Waals surface area (Å²) in [5, 5.41) is 22.5. The predicted octanol–water partition coefficient (Wildman–Crippen LogP) is 6.52. The largest absolute Gasteiger partial charge is 0.489 e. The van der Waals surface area contributed by atoms with Crippen LogP contribution in [-0.2, 0) is 14.3 Å². The van der Waals surface area contributed by atoms with Crippen molar-refractivity contribution in [2.24, 2.45) is 0 Å². The van der Waals surface area contributed by atoms with Crippen LogP contribution in [0.15, 0.2) is 49.4 Å². The second-order valence-corrected chi connectivity index (χ2v) is 10.3. The standard InChI is InChI=1S/C22H24Br4ClNO6/c1-3-4-7-33-10-14(29)11-34-17-6-5-13(8-16(17)27)28-21(30)15(9-23)18(22(31)32)20(26)19(25)12(2)24/h5-6,8,14,29H,2-4,7,9-11H2,1H3,(H,28,30)(H,31,32)/b18-15-,20-19-. The van der Waals surface area contributed by atoms with Crippen molar-refractivity contribution >= 4 is 92.9 Å². The minimum atomic E-state index is -1.30. The molecule has 12 heteroatoms. The maximum atomic E-state index is 12.9. The normalized spacial score (nSPS) is 13.5. The molecule has 0 heterocycles. The topological polar surface area (TPSA) is 105 Å². The Morgan fingerprint density at radius 2 is 1.88 bits per heavy atom. The lowest BCUT2D eigenvalue weighted by atomic mass is 10.1. The van der Waals surface area contributed by atoms with Crippen LogP contribution in [0.5, 0.6) is 5.75 Å². The van der Waals surface area contributed by atoms with E-state index in [9.17, 15) is 19.8 Å². The van der Waals surface area contributed by atoms with Crippen molar-refractivity contribution < 1.29 is 29.3 Å². The molecule has 1 aromatic carbocycles. The van der Waals surface area contributed by atoms with E-state index in [4.69, 9.17) is 21.1 Å². The first kappa shape index (κ1) is 31.3. The predicted molar refractivity (Wildman–Crippen MR) is 149 cm³/mol. The average Bonchev–Trinajstić information content (AvgIpc) is 2.78. The number of benzene rings is 1. The van der Waals surface area contributed by atoms with Gasteiger partial charge in [0.25, 0.3) is 5.91 Å². The van der Waals surface area contributed by atoms with Crippen LogP contribution < -0.4 is 10.1 Å². The van der Waals surface area contributed by atoms with Gasteiger partial charge in [-0.15, -0.1) is 0 Å². The molecule has 1 atom stereocenters. The number of aliphatic carboxylic acids is 1.